The molecular weight excluding hydrogens is 283 g/mol. The molecule has 2 fully saturated rings. The first-order chi connectivity index (χ1) is 8.97. The summed E-state index contributed by atoms with van der Waals surface area (Å²) in [4.78, 5) is 11.8. The van der Waals surface area contributed by atoms with Crippen LogP contribution in [0.3, 0.4) is 0 Å². The van der Waals surface area contributed by atoms with Gasteiger partial charge < -0.3 is 5.11 Å². The van der Waals surface area contributed by atoms with Crippen LogP contribution in [0.25, 0.3) is 0 Å². The fourth-order valence-corrected chi connectivity index (χ4v) is 4.28. The second kappa shape index (κ2) is 4.39. The van der Waals surface area contributed by atoms with Gasteiger partial charge in [0.2, 0.25) is 0 Å². The zero-order chi connectivity index (χ0) is 13.7. The van der Waals surface area contributed by atoms with Gasteiger partial charge in [-0.15, -0.1) is 0 Å². The lowest BCUT2D eigenvalue weighted by Crippen LogP contribution is -2.53. The van der Waals surface area contributed by atoms with Crippen LogP contribution < -0.4 is 0 Å². The molecule has 19 heavy (non-hydrogen) atoms. The summed E-state index contributed by atoms with van der Waals surface area (Å²) in [6, 6.07) is 5.23. The molecule has 0 aromatic heterocycles. The third kappa shape index (κ3) is 1.96. The second-order valence-corrected chi connectivity index (χ2v) is 6.89. The molecule has 2 nitrogen and oxygen atoms in total. The quantitative estimate of drug-likeness (QED) is 0.861. The number of rotatable bonds is 2. The van der Waals surface area contributed by atoms with Gasteiger partial charge in [-0.05, 0) is 48.8 Å². The molecule has 0 amide bonds. The Morgan fingerprint density at radius 2 is 1.74 bits per heavy atom. The predicted octanol–water partition coefficient (Wildman–Crippen LogP) is 4.67. The Balaban J connectivity index is 1.94. The van der Waals surface area contributed by atoms with Gasteiger partial charge in [-0.25, -0.2) is 0 Å². The van der Waals surface area contributed by atoms with Gasteiger partial charge in [-0.3, -0.25) is 4.79 Å². The first kappa shape index (κ1) is 13.3. The van der Waals surface area contributed by atoms with E-state index >= 15 is 0 Å². The van der Waals surface area contributed by atoms with E-state index in [0.717, 1.165) is 18.4 Å². The number of carbonyl (C=O) groups is 1. The number of hydrogen-bond acceptors (Lipinski definition) is 1. The summed E-state index contributed by atoms with van der Waals surface area (Å²) in [6.07, 6.45) is 6.29. The highest BCUT2D eigenvalue weighted by atomic mass is 35.5. The summed E-state index contributed by atoms with van der Waals surface area (Å²) >= 11 is 11.9. The number of benzene rings is 1. The van der Waals surface area contributed by atoms with Gasteiger partial charge in [0, 0.05) is 0 Å². The largest absolute Gasteiger partial charge is 0.481 e. The van der Waals surface area contributed by atoms with E-state index in [4.69, 9.17) is 23.2 Å². The van der Waals surface area contributed by atoms with Gasteiger partial charge >= 0.3 is 5.97 Å². The number of halogens is 2. The standard InChI is InChI=1S/C15H16Cl2O2/c16-11-4-3-10(7-12(11)17)15(13(18)19)8-14(9-15)5-1-2-6-14/h3-4,7H,1-2,5-6,8-9H2,(H,18,19). The van der Waals surface area contributed by atoms with Gasteiger partial charge in [0.15, 0.2) is 0 Å². The van der Waals surface area contributed by atoms with Crippen molar-refractivity contribution in [1.29, 1.82) is 0 Å². The summed E-state index contributed by atoms with van der Waals surface area (Å²) < 4.78 is 0. The van der Waals surface area contributed by atoms with Crippen LogP contribution in [0.1, 0.15) is 44.1 Å². The van der Waals surface area contributed by atoms with Crippen LogP contribution in [0.5, 0.6) is 0 Å². The van der Waals surface area contributed by atoms with E-state index in [9.17, 15) is 9.90 Å². The van der Waals surface area contributed by atoms with Gasteiger partial charge in [0.05, 0.1) is 15.5 Å². The monoisotopic (exact) mass is 298 g/mol. The minimum absolute atomic E-state index is 0.268. The van der Waals surface area contributed by atoms with Gasteiger partial charge in [-0.1, -0.05) is 42.1 Å². The Kier molecular flexibility index (Phi) is 3.06. The normalized spacial score (nSPS) is 23.3. The van der Waals surface area contributed by atoms with Crippen LogP contribution in [-0.4, -0.2) is 11.1 Å². The molecule has 3 rings (SSSR count). The summed E-state index contributed by atoms with van der Waals surface area (Å²) in [7, 11) is 0. The van der Waals surface area contributed by atoms with Crippen molar-refractivity contribution in [3.05, 3.63) is 33.8 Å². The van der Waals surface area contributed by atoms with E-state index in [1.165, 1.54) is 25.7 Å². The molecule has 0 saturated heterocycles. The Morgan fingerprint density at radius 1 is 1.11 bits per heavy atom. The Bertz CT molecular complexity index is 525. The Labute approximate surface area is 122 Å². The van der Waals surface area contributed by atoms with Gasteiger partial charge in [0.25, 0.3) is 0 Å². The SMILES string of the molecule is O=C(O)C1(c2ccc(Cl)c(Cl)c2)CC2(CCCC2)C1. The highest BCUT2D eigenvalue weighted by Crippen LogP contribution is 2.63. The first-order valence-electron chi connectivity index (χ1n) is 6.67. The van der Waals surface area contributed by atoms with Crippen molar-refractivity contribution in [1.82, 2.24) is 0 Å². The van der Waals surface area contributed by atoms with Crippen LogP contribution in [0.2, 0.25) is 10.0 Å². The fraction of sp³-hybridized carbons (Fsp3) is 0.533. The molecule has 1 aromatic rings. The maximum absolute atomic E-state index is 11.8. The summed E-state index contributed by atoms with van der Waals surface area (Å²) in [5.74, 6) is -0.733. The average molecular weight is 299 g/mol. The van der Waals surface area contributed by atoms with Gasteiger partial charge in [-0.2, -0.15) is 0 Å². The topological polar surface area (TPSA) is 37.3 Å². The van der Waals surface area contributed by atoms with Crippen molar-refractivity contribution in [2.75, 3.05) is 0 Å². The molecule has 0 bridgehead atoms. The van der Waals surface area contributed by atoms with Crippen LogP contribution >= 0.6 is 23.2 Å². The second-order valence-electron chi connectivity index (χ2n) is 6.08. The predicted molar refractivity (Wildman–Crippen MR) is 75.9 cm³/mol. The lowest BCUT2D eigenvalue weighted by atomic mass is 9.49. The molecule has 0 aliphatic heterocycles. The molecule has 102 valence electrons. The number of aliphatic carboxylic acids is 1. The van der Waals surface area contributed by atoms with Crippen molar-refractivity contribution < 1.29 is 9.90 Å². The molecule has 0 unspecified atom stereocenters. The summed E-state index contributed by atoms with van der Waals surface area (Å²) in [6.45, 7) is 0. The minimum atomic E-state index is -0.751. The van der Waals surface area contributed by atoms with E-state index in [1.807, 2.05) is 6.07 Å². The van der Waals surface area contributed by atoms with Crippen molar-refractivity contribution >= 4 is 29.2 Å². The van der Waals surface area contributed by atoms with E-state index < -0.39 is 11.4 Å². The molecule has 1 aromatic carbocycles. The molecule has 0 atom stereocenters. The molecule has 0 heterocycles. The number of hydrogen-bond donors (Lipinski definition) is 1. The molecule has 1 N–H and O–H groups in total. The van der Waals surface area contributed by atoms with Crippen LogP contribution in [0.15, 0.2) is 18.2 Å². The van der Waals surface area contributed by atoms with Gasteiger partial charge in [0.1, 0.15) is 0 Å². The zero-order valence-corrected chi connectivity index (χ0v) is 12.1. The molecule has 2 aliphatic rings. The lowest BCUT2D eigenvalue weighted by Gasteiger charge is -2.53. The van der Waals surface area contributed by atoms with E-state index in [-0.39, 0.29) is 5.41 Å². The maximum atomic E-state index is 11.8. The third-order valence-corrected chi connectivity index (χ3v) is 5.64. The Hall–Kier alpha value is -0.730. The molecule has 2 saturated carbocycles. The maximum Gasteiger partial charge on any atom is 0.314 e. The van der Waals surface area contributed by atoms with Crippen molar-refractivity contribution in [3.63, 3.8) is 0 Å². The minimum Gasteiger partial charge on any atom is -0.481 e. The summed E-state index contributed by atoms with van der Waals surface area (Å²) in [5, 5.41) is 10.6. The molecule has 0 radical (unpaired) electrons. The molecule has 1 spiro atoms. The highest BCUT2D eigenvalue weighted by molar-refractivity contribution is 6.42. The van der Waals surface area contributed by atoms with Crippen molar-refractivity contribution in [2.24, 2.45) is 5.41 Å². The van der Waals surface area contributed by atoms with Crippen LogP contribution in [-0.2, 0) is 10.2 Å². The highest BCUT2D eigenvalue weighted by Gasteiger charge is 2.60. The number of carboxylic acids is 1. The van der Waals surface area contributed by atoms with E-state index in [0.29, 0.717) is 10.0 Å². The summed E-state index contributed by atoms with van der Waals surface area (Å²) in [5.41, 5.74) is 0.315. The molecule has 2 aliphatic carbocycles. The van der Waals surface area contributed by atoms with Crippen LogP contribution in [0, 0.1) is 5.41 Å². The Morgan fingerprint density at radius 3 is 2.26 bits per heavy atom. The third-order valence-electron chi connectivity index (χ3n) is 4.90. The van der Waals surface area contributed by atoms with Crippen LogP contribution in [0.4, 0.5) is 0 Å². The van der Waals surface area contributed by atoms with Crippen molar-refractivity contribution in [2.45, 2.75) is 43.9 Å². The molecular formula is C15H16Cl2O2. The smallest absolute Gasteiger partial charge is 0.314 e. The first-order valence-corrected chi connectivity index (χ1v) is 7.42. The molecule has 4 heteroatoms. The fourth-order valence-electron chi connectivity index (χ4n) is 3.98. The van der Waals surface area contributed by atoms with E-state index in [2.05, 4.69) is 0 Å². The van der Waals surface area contributed by atoms with Crippen molar-refractivity contribution in [3.8, 4) is 0 Å². The van der Waals surface area contributed by atoms with E-state index in [1.54, 1.807) is 12.1 Å². The average Bonchev–Trinajstić information content (AvgIpc) is 2.79. The zero-order valence-electron chi connectivity index (χ0n) is 10.6. The number of carboxylic acid groups (broad SMARTS) is 1. The lowest BCUT2D eigenvalue weighted by molar-refractivity contribution is -0.154.